The quantitative estimate of drug-likeness (QED) is 0.299. The van der Waals surface area contributed by atoms with Crippen LogP contribution >= 0.6 is 0 Å². The van der Waals surface area contributed by atoms with Gasteiger partial charge in [0, 0.05) is 0 Å². The van der Waals surface area contributed by atoms with E-state index in [9.17, 15) is 9.90 Å². The van der Waals surface area contributed by atoms with Crippen LogP contribution in [-0.2, 0) is 4.79 Å². The van der Waals surface area contributed by atoms with Crippen molar-refractivity contribution in [1.82, 2.24) is 10.6 Å². The van der Waals surface area contributed by atoms with E-state index in [0.29, 0.717) is 6.41 Å². The summed E-state index contributed by atoms with van der Waals surface area (Å²) < 4.78 is 0. The molecule has 2 rings (SSSR count). The van der Waals surface area contributed by atoms with E-state index in [1.807, 2.05) is 0 Å². The van der Waals surface area contributed by atoms with E-state index < -0.39 is 11.5 Å². The summed E-state index contributed by atoms with van der Waals surface area (Å²) in [6.07, 6.45) is 1.51. The van der Waals surface area contributed by atoms with Crippen LogP contribution in [0.5, 0.6) is 0 Å². The van der Waals surface area contributed by atoms with Crippen LogP contribution in [0.15, 0.2) is 15.0 Å². The lowest BCUT2D eigenvalue weighted by molar-refractivity contribution is -0.113. The first-order valence-electron chi connectivity index (χ1n) is 3.99. The molecular formula is C6H9N7O2. The fraction of sp³-hybridized carbons (Fsp3) is 0.333. The lowest BCUT2D eigenvalue weighted by Crippen LogP contribution is -2.71. The second-order valence-corrected chi connectivity index (χ2v) is 3.01. The zero-order valence-corrected chi connectivity index (χ0v) is 7.51. The van der Waals surface area contributed by atoms with E-state index in [-0.39, 0.29) is 11.8 Å². The van der Waals surface area contributed by atoms with Crippen LogP contribution in [0.2, 0.25) is 0 Å². The average Bonchev–Trinajstić information content (AvgIpc) is 2.44. The van der Waals surface area contributed by atoms with Gasteiger partial charge in [-0.15, -0.1) is 0 Å². The number of aliphatic hydroxyl groups is 1. The number of carbonyl (C=O) groups excluding carboxylic acids is 1. The van der Waals surface area contributed by atoms with E-state index in [1.54, 1.807) is 0 Å². The average molecular weight is 211 g/mol. The first kappa shape index (κ1) is 9.40. The molecule has 2 unspecified atom stereocenters. The minimum Gasteiger partial charge on any atom is -0.383 e. The van der Waals surface area contributed by atoms with Gasteiger partial charge in [-0.1, -0.05) is 0 Å². The van der Waals surface area contributed by atoms with Crippen molar-refractivity contribution >= 4 is 24.5 Å². The summed E-state index contributed by atoms with van der Waals surface area (Å²) in [5.41, 5.74) is 9.28. The molecule has 0 aliphatic carbocycles. The van der Waals surface area contributed by atoms with Gasteiger partial charge in [0.25, 0.3) is 11.5 Å². The zero-order valence-electron chi connectivity index (χ0n) is 7.51. The highest BCUT2D eigenvalue weighted by Crippen LogP contribution is 2.29. The molecular weight excluding hydrogens is 202 g/mol. The predicted molar refractivity (Wildman–Crippen MR) is 51.8 cm³/mol. The first-order valence-corrected chi connectivity index (χ1v) is 3.99. The lowest BCUT2D eigenvalue weighted by atomic mass is 10.0. The number of carbonyl (C=O) groups is 1. The van der Waals surface area contributed by atoms with Crippen molar-refractivity contribution in [2.24, 2.45) is 26.4 Å². The molecule has 0 aromatic rings. The highest BCUT2D eigenvalue weighted by atomic mass is 16.3. The number of hydrogen-bond acceptors (Lipinski definition) is 8. The molecule has 0 saturated carbocycles. The summed E-state index contributed by atoms with van der Waals surface area (Å²) in [4.78, 5) is 21.6. The molecule has 15 heavy (non-hydrogen) atoms. The van der Waals surface area contributed by atoms with Crippen LogP contribution < -0.4 is 22.1 Å². The van der Waals surface area contributed by atoms with Crippen molar-refractivity contribution in [3.63, 3.8) is 0 Å². The zero-order chi connectivity index (χ0) is 11.1. The Balaban J connectivity index is 2.54. The van der Waals surface area contributed by atoms with E-state index in [0.717, 1.165) is 0 Å². The number of amidine groups is 1. The van der Waals surface area contributed by atoms with Crippen LogP contribution in [-0.4, -0.2) is 41.2 Å². The molecule has 0 aromatic carbocycles. The normalized spacial score (nSPS) is 37.4. The molecule has 0 radical (unpaired) electrons. The monoisotopic (exact) mass is 211 g/mol. The van der Waals surface area contributed by atoms with E-state index in [4.69, 9.17) is 11.5 Å². The van der Waals surface area contributed by atoms with Gasteiger partial charge in [-0.2, -0.15) is 9.98 Å². The topological polar surface area (TPSA) is 150 Å². The fourth-order valence-corrected chi connectivity index (χ4v) is 1.46. The number of aliphatic imine (C=N–C) groups is 3. The highest BCUT2D eigenvalue weighted by Gasteiger charge is 2.59. The molecule has 0 fully saturated rings. The molecule has 1 amide bonds. The summed E-state index contributed by atoms with van der Waals surface area (Å²) in [5.74, 6) is -2.27. The van der Waals surface area contributed by atoms with Gasteiger partial charge in [0.05, 0.1) is 6.34 Å². The molecule has 9 nitrogen and oxygen atoms in total. The lowest BCUT2D eigenvalue weighted by Gasteiger charge is -2.37. The van der Waals surface area contributed by atoms with Crippen molar-refractivity contribution in [2.75, 3.05) is 0 Å². The number of nitrogens with zero attached hydrogens (tertiary/aromatic N) is 3. The molecule has 0 aromatic heterocycles. The maximum absolute atomic E-state index is 10.5. The second-order valence-electron chi connectivity index (χ2n) is 3.01. The van der Waals surface area contributed by atoms with Crippen LogP contribution in [0.4, 0.5) is 0 Å². The Kier molecular flexibility index (Phi) is 1.67. The molecule has 0 spiro atoms. The largest absolute Gasteiger partial charge is 0.383 e. The first-order chi connectivity index (χ1) is 7.04. The van der Waals surface area contributed by atoms with Crippen molar-refractivity contribution in [2.45, 2.75) is 11.5 Å². The Morgan fingerprint density at radius 1 is 1.60 bits per heavy atom. The standard InChI is InChI=1S/C6H9N7O2/c7-3-5(11-2-14)6(15,10-1-9-5)13-4(8)12-3/h1-2,15H,(H,9,10)(H,11,14)(H4,7,8,12,13). The third kappa shape index (κ3) is 1.00. The number of nitrogens with two attached hydrogens (primary N) is 2. The number of fused-ring (bicyclic) bond motifs is 1. The second kappa shape index (κ2) is 2.67. The number of guanidine groups is 1. The van der Waals surface area contributed by atoms with Gasteiger partial charge in [-0.25, -0.2) is 4.99 Å². The minimum absolute atomic E-state index is 0.147. The number of nitrogens with one attached hydrogen (secondary N) is 2. The molecule has 2 aliphatic heterocycles. The Hall–Kier alpha value is -2.16. The van der Waals surface area contributed by atoms with Crippen LogP contribution in [0.1, 0.15) is 0 Å². The molecule has 0 bridgehead atoms. The van der Waals surface area contributed by atoms with Crippen LogP contribution in [0.3, 0.4) is 0 Å². The van der Waals surface area contributed by atoms with Crippen molar-refractivity contribution in [1.29, 1.82) is 0 Å². The summed E-state index contributed by atoms with van der Waals surface area (Å²) in [7, 11) is 0. The Morgan fingerprint density at radius 3 is 3.00 bits per heavy atom. The summed E-state index contributed by atoms with van der Waals surface area (Å²) in [6.45, 7) is 0. The maximum Gasteiger partial charge on any atom is 0.291 e. The third-order valence-electron chi connectivity index (χ3n) is 2.18. The molecule has 9 heteroatoms. The van der Waals surface area contributed by atoms with Gasteiger partial charge >= 0.3 is 0 Å². The molecule has 2 atom stereocenters. The van der Waals surface area contributed by atoms with E-state index in [2.05, 4.69) is 25.6 Å². The summed E-state index contributed by atoms with van der Waals surface area (Å²) in [5, 5.41) is 14.7. The van der Waals surface area contributed by atoms with E-state index >= 15 is 0 Å². The molecule has 80 valence electrons. The molecule has 2 heterocycles. The van der Waals surface area contributed by atoms with Gasteiger partial charge < -0.3 is 27.2 Å². The third-order valence-corrected chi connectivity index (χ3v) is 2.18. The SMILES string of the molecule is NC1=NC2(O)NC=NC2(NC=O)C(N)=N1. The van der Waals surface area contributed by atoms with Gasteiger partial charge in [0.1, 0.15) is 0 Å². The summed E-state index contributed by atoms with van der Waals surface area (Å²) >= 11 is 0. The number of rotatable bonds is 2. The van der Waals surface area contributed by atoms with Gasteiger partial charge in [0.2, 0.25) is 12.4 Å². The molecule has 7 N–H and O–H groups in total. The van der Waals surface area contributed by atoms with Gasteiger partial charge in [-0.05, 0) is 0 Å². The fourth-order valence-electron chi connectivity index (χ4n) is 1.46. The smallest absolute Gasteiger partial charge is 0.291 e. The van der Waals surface area contributed by atoms with E-state index in [1.165, 1.54) is 6.34 Å². The van der Waals surface area contributed by atoms with Crippen molar-refractivity contribution in [3.8, 4) is 0 Å². The van der Waals surface area contributed by atoms with Crippen molar-refractivity contribution in [3.05, 3.63) is 0 Å². The number of amides is 1. The minimum atomic E-state index is -1.93. The maximum atomic E-state index is 10.5. The number of hydrogen-bond donors (Lipinski definition) is 5. The molecule has 0 saturated heterocycles. The van der Waals surface area contributed by atoms with Crippen LogP contribution in [0, 0.1) is 0 Å². The van der Waals surface area contributed by atoms with Gasteiger partial charge in [-0.3, -0.25) is 4.79 Å². The predicted octanol–water partition coefficient (Wildman–Crippen LogP) is -3.61. The highest BCUT2D eigenvalue weighted by molar-refractivity contribution is 6.05. The van der Waals surface area contributed by atoms with Crippen LogP contribution in [0.25, 0.3) is 0 Å². The molecule has 2 aliphatic rings. The van der Waals surface area contributed by atoms with Gasteiger partial charge in [0.15, 0.2) is 5.84 Å². The summed E-state index contributed by atoms with van der Waals surface area (Å²) in [6, 6.07) is 0. The Bertz CT molecular complexity index is 402. The Labute approximate surface area is 84.0 Å². The Morgan fingerprint density at radius 2 is 2.33 bits per heavy atom. The van der Waals surface area contributed by atoms with Crippen molar-refractivity contribution < 1.29 is 9.90 Å².